The van der Waals surface area contributed by atoms with Crippen LogP contribution in [0.4, 0.5) is 20.2 Å². The summed E-state index contributed by atoms with van der Waals surface area (Å²) in [5.74, 6) is -2.72. The summed E-state index contributed by atoms with van der Waals surface area (Å²) in [6.45, 7) is 2.10. The fraction of sp³-hybridized carbons (Fsp3) is 0.188. The van der Waals surface area contributed by atoms with Crippen LogP contribution in [-0.4, -0.2) is 27.5 Å². The molecule has 0 unspecified atom stereocenters. The molecule has 0 heterocycles. The first-order valence-electron chi connectivity index (χ1n) is 7.27. The van der Waals surface area contributed by atoms with Crippen molar-refractivity contribution in [2.24, 2.45) is 0 Å². The van der Waals surface area contributed by atoms with Gasteiger partial charge >= 0.3 is 0 Å². The molecule has 0 atom stereocenters. The highest BCUT2D eigenvalue weighted by molar-refractivity contribution is 7.92. The van der Waals surface area contributed by atoms with Crippen LogP contribution in [0.15, 0.2) is 47.4 Å². The molecule has 0 aliphatic rings. The third-order valence-electron chi connectivity index (χ3n) is 3.06. The van der Waals surface area contributed by atoms with Gasteiger partial charge in [-0.25, -0.2) is 17.2 Å². The minimum Gasteiger partial charge on any atom is -0.372 e. The van der Waals surface area contributed by atoms with Crippen molar-refractivity contribution < 1.29 is 26.7 Å². The van der Waals surface area contributed by atoms with E-state index in [0.717, 1.165) is 12.1 Å². The molecule has 0 bridgehead atoms. The molecule has 0 aliphatic carbocycles. The number of benzene rings is 2. The molecule has 0 aromatic heterocycles. The van der Waals surface area contributed by atoms with Crippen molar-refractivity contribution in [2.75, 3.05) is 23.3 Å². The van der Waals surface area contributed by atoms with Crippen molar-refractivity contribution in [1.82, 2.24) is 0 Å². The van der Waals surface area contributed by atoms with E-state index < -0.39 is 26.6 Å². The second-order valence-electron chi connectivity index (χ2n) is 4.94. The van der Waals surface area contributed by atoms with E-state index in [-0.39, 0.29) is 18.2 Å². The Morgan fingerprint density at radius 1 is 1.04 bits per heavy atom. The Morgan fingerprint density at radius 2 is 1.68 bits per heavy atom. The summed E-state index contributed by atoms with van der Waals surface area (Å²) in [5, 5.41) is 2.58. The van der Waals surface area contributed by atoms with Gasteiger partial charge in [0.05, 0.1) is 4.90 Å². The van der Waals surface area contributed by atoms with E-state index in [1.54, 1.807) is 6.92 Å². The highest BCUT2D eigenvalue weighted by Gasteiger charge is 2.16. The summed E-state index contributed by atoms with van der Waals surface area (Å²) in [7, 11) is -4.06. The molecule has 0 aliphatic heterocycles. The Labute approximate surface area is 143 Å². The van der Waals surface area contributed by atoms with Crippen LogP contribution in [0.3, 0.4) is 0 Å². The summed E-state index contributed by atoms with van der Waals surface area (Å²) < 4.78 is 57.6. The third kappa shape index (κ3) is 5.23. The maximum absolute atomic E-state index is 13.2. The predicted molar refractivity (Wildman–Crippen MR) is 88.7 cm³/mol. The topological polar surface area (TPSA) is 84.5 Å². The number of sulfonamides is 1. The molecule has 0 radical (unpaired) electrons. The van der Waals surface area contributed by atoms with Gasteiger partial charge in [0.25, 0.3) is 10.0 Å². The van der Waals surface area contributed by atoms with E-state index in [1.807, 2.05) is 0 Å². The van der Waals surface area contributed by atoms with Crippen molar-refractivity contribution in [3.05, 3.63) is 54.1 Å². The van der Waals surface area contributed by atoms with Crippen LogP contribution in [0.1, 0.15) is 6.92 Å². The summed E-state index contributed by atoms with van der Waals surface area (Å²) in [6, 6.07) is 8.13. The molecule has 134 valence electrons. The zero-order chi connectivity index (χ0) is 18.4. The van der Waals surface area contributed by atoms with Crippen LogP contribution < -0.4 is 10.0 Å². The minimum atomic E-state index is -4.06. The zero-order valence-electron chi connectivity index (χ0n) is 13.3. The molecule has 0 spiro atoms. The molecule has 2 rings (SSSR count). The number of carbonyl (C=O) groups is 1. The largest absolute Gasteiger partial charge is 0.372 e. The Bertz CT molecular complexity index is 855. The summed E-state index contributed by atoms with van der Waals surface area (Å²) >= 11 is 0. The van der Waals surface area contributed by atoms with Crippen molar-refractivity contribution >= 4 is 27.3 Å². The van der Waals surface area contributed by atoms with Gasteiger partial charge in [0, 0.05) is 18.0 Å². The molecule has 9 heteroatoms. The number of nitrogens with one attached hydrogen (secondary N) is 2. The molecule has 0 fully saturated rings. The van der Waals surface area contributed by atoms with E-state index in [0.29, 0.717) is 18.4 Å². The first-order valence-corrected chi connectivity index (χ1v) is 8.75. The van der Waals surface area contributed by atoms with Gasteiger partial charge in [-0.1, -0.05) is 0 Å². The van der Waals surface area contributed by atoms with Crippen molar-refractivity contribution in [2.45, 2.75) is 11.8 Å². The van der Waals surface area contributed by atoms with Gasteiger partial charge in [-0.2, -0.15) is 0 Å². The first kappa shape index (κ1) is 18.8. The standard InChI is InChI=1S/C16H16F2N2O4S/c1-2-24-10-16(21)19-11-3-5-12(6-4-11)20-25(22,23)13-7-8-14(17)15(18)9-13/h3-9,20H,2,10H2,1H3,(H,19,21). The average molecular weight is 370 g/mol. The predicted octanol–water partition coefficient (Wildman–Crippen LogP) is 2.74. The first-order chi connectivity index (χ1) is 11.8. The Balaban J connectivity index is 2.07. The number of carbonyl (C=O) groups excluding carboxylic acids is 1. The van der Waals surface area contributed by atoms with E-state index >= 15 is 0 Å². The molecule has 1 amide bonds. The second kappa shape index (κ2) is 8.04. The molecular formula is C16H16F2N2O4S. The van der Waals surface area contributed by atoms with Gasteiger partial charge in [-0.05, 0) is 49.4 Å². The Kier molecular flexibility index (Phi) is 6.05. The monoisotopic (exact) mass is 370 g/mol. The van der Waals surface area contributed by atoms with E-state index in [1.165, 1.54) is 24.3 Å². The van der Waals surface area contributed by atoms with E-state index in [9.17, 15) is 22.0 Å². The number of amides is 1. The van der Waals surface area contributed by atoms with Gasteiger partial charge in [-0.3, -0.25) is 9.52 Å². The van der Waals surface area contributed by atoms with Crippen LogP contribution >= 0.6 is 0 Å². The quantitative estimate of drug-likeness (QED) is 0.785. The normalized spacial score (nSPS) is 11.2. The Morgan fingerprint density at radius 3 is 2.28 bits per heavy atom. The highest BCUT2D eigenvalue weighted by Crippen LogP contribution is 2.20. The molecule has 6 nitrogen and oxygen atoms in total. The zero-order valence-corrected chi connectivity index (χ0v) is 14.1. The fourth-order valence-electron chi connectivity index (χ4n) is 1.87. The number of halogens is 2. The molecule has 0 saturated carbocycles. The average Bonchev–Trinajstić information content (AvgIpc) is 2.57. The molecule has 25 heavy (non-hydrogen) atoms. The maximum Gasteiger partial charge on any atom is 0.261 e. The summed E-state index contributed by atoms with van der Waals surface area (Å²) in [5.41, 5.74) is 0.660. The smallest absolute Gasteiger partial charge is 0.261 e. The number of anilines is 2. The van der Waals surface area contributed by atoms with Gasteiger partial charge < -0.3 is 10.1 Å². The fourth-order valence-corrected chi connectivity index (χ4v) is 2.94. The number of rotatable bonds is 7. The van der Waals surface area contributed by atoms with Crippen LogP contribution in [0.5, 0.6) is 0 Å². The molecular weight excluding hydrogens is 354 g/mol. The lowest BCUT2D eigenvalue weighted by molar-refractivity contribution is -0.120. The molecule has 0 saturated heterocycles. The lowest BCUT2D eigenvalue weighted by Gasteiger charge is -2.10. The lowest BCUT2D eigenvalue weighted by atomic mass is 10.3. The number of ether oxygens (including phenoxy) is 1. The molecule has 2 N–H and O–H groups in total. The molecule has 2 aromatic carbocycles. The highest BCUT2D eigenvalue weighted by atomic mass is 32.2. The van der Waals surface area contributed by atoms with Crippen LogP contribution in [0.25, 0.3) is 0 Å². The number of hydrogen-bond acceptors (Lipinski definition) is 4. The van der Waals surface area contributed by atoms with Gasteiger partial charge in [-0.15, -0.1) is 0 Å². The minimum absolute atomic E-state index is 0.0823. The summed E-state index contributed by atoms with van der Waals surface area (Å²) in [6.07, 6.45) is 0. The van der Waals surface area contributed by atoms with Crippen molar-refractivity contribution in [3.63, 3.8) is 0 Å². The van der Waals surface area contributed by atoms with E-state index in [2.05, 4.69) is 10.0 Å². The van der Waals surface area contributed by atoms with Crippen LogP contribution in [0, 0.1) is 11.6 Å². The van der Waals surface area contributed by atoms with Gasteiger partial charge in [0.2, 0.25) is 5.91 Å². The maximum atomic E-state index is 13.2. The third-order valence-corrected chi connectivity index (χ3v) is 4.44. The lowest BCUT2D eigenvalue weighted by Crippen LogP contribution is -2.18. The van der Waals surface area contributed by atoms with Crippen molar-refractivity contribution in [1.29, 1.82) is 0 Å². The van der Waals surface area contributed by atoms with Crippen molar-refractivity contribution in [3.8, 4) is 0 Å². The van der Waals surface area contributed by atoms with Gasteiger partial charge in [0.15, 0.2) is 11.6 Å². The SMILES string of the molecule is CCOCC(=O)Nc1ccc(NS(=O)(=O)c2ccc(F)c(F)c2)cc1. The Hall–Kier alpha value is -2.52. The summed E-state index contributed by atoms with van der Waals surface area (Å²) in [4.78, 5) is 11.1. The molecule has 2 aromatic rings. The van der Waals surface area contributed by atoms with E-state index in [4.69, 9.17) is 4.74 Å². The van der Waals surface area contributed by atoms with Gasteiger partial charge in [0.1, 0.15) is 6.61 Å². The second-order valence-corrected chi connectivity index (χ2v) is 6.63. The van der Waals surface area contributed by atoms with Crippen LogP contribution in [0.2, 0.25) is 0 Å². The number of hydrogen-bond donors (Lipinski definition) is 2. The van der Waals surface area contributed by atoms with Crippen LogP contribution in [-0.2, 0) is 19.6 Å².